The summed E-state index contributed by atoms with van der Waals surface area (Å²) in [4.78, 5) is 0. The first kappa shape index (κ1) is 10.9. The number of nitrogens with one attached hydrogen (secondary N) is 1. The van der Waals surface area contributed by atoms with Crippen LogP contribution in [0.3, 0.4) is 0 Å². The fourth-order valence-corrected chi connectivity index (χ4v) is 1.81. The van der Waals surface area contributed by atoms with Crippen molar-refractivity contribution in [3.8, 4) is 0 Å². The summed E-state index contributed by atoms with van der Waals surface area (Å²) in [6.07, 6.45) is 0.841. The second-order valence-corrected chi connectivity index (χ2v) is 3.98. The maximum atomic E-state index is 13.2. The number of benzene rings is 1. The Morgan fingerprint density at radius 3 is 3.07 bits per heavy atom. The molecule has 82 valence electrons. The van der Waals surface area contributed by atoms with Gasteiger partial charge in [0.2, 0.25) is 0 Å². The van der Waals surface area contributed by atoms with E-state index < -0.39 is 0 Å². The summed E-state index contributed by atoms with van der Waals surface area (Å²) in [5.74, 6) is -0.380. The molecule has 1 atom stereocenters. The van der Waals surface area contributed by atoms with E-state index in [2.05, 4.69) is 5.32 Å². The third kappa shape index (κ3) is 2.68. The van der Waals surface area contributed by atoms with Crippen LogP contribution in [0.1, 0.15) is 18.1 Å². The van der Waals surface area contributed by atoms with E-state index in [4.69, 9.17) is 16.3 Å². The normalized spacial score (nSPS) is 22.4. The zero-order valence-corrected chi connectivity index (χ0v) is 9.06. The molecule has 4 heteroatoms. The Kier molecular flexibility index (Phi) is 3.57. The number of rotatable bonds is 1. The Labute approximate surface area is 93.4 Å². The highest BCUT2D eigenvalue weighted by atomic mass is 35.5. The van der Waals surface area contributed by atoms with Gasteiger partial charge in [0.15, 0.2) is 0 Å². The van der Waals surface area contributed by atoms with E-state index in [-0.39, 0.29) is 16.9 Å². The quantitative estimate of drug-likeness (QED) is 0.799. The van der Waals surface area contributed by atoms with Crippen molar-refractivity contribution in [2.45, 2.75) is 12.5 Å². The third-order valence-corrected chi connectivity index (χ3v) is 2.80. The zero-order valence-electron chi connectivity index (χ0n) is 8.30. The van der Waals surface area contributed by atoms with Gasteiger partial charge in [-0.3, -0.25) is 0 Å². The lowest BCUT2D eigenvalue weighted by molar-refractivity contribution is 0.0642. The second-order valence-electron chi connectivity index (χ2n) is 3.57. The third-order valence-electron chi connectivity index (χ3n) is 2.50. The van der Waals surface area contributed by atoms with Crippen molar-refractivity contribution in [3.63, 3.8) is 0 Å². The lowest BCUT2D eigenvalue weighted by atomic mass is 10.1. The van der Waals surface area contributed by atoms with Crippen LogP contribution in [0.2, 0.25) is 5.02 Å². The van der Waals surface area contributed by atoms with Gasteiger partial charge < -0.3 is 10.1 Å². The molecule has 0 bridgehead atoms. The second kappa shape index (κ2) is 4.92. The van der Waals surface area contributed by atoms with Crippen molar-refractivity contribution >= 4 is 11.6 Å². The molecule has 1 saturated heterocycles. The summed E-state index contributed by atoms with van der Waals surface area (Å²) in [6.45, 7) is 2.41. The molecule has 0 amide bonds. The van der Waals surface area contributed by atoms with Crippen LogP contribution in [-0.4, -0.2) is 19.7 Å². The predicted octanol–water partition coefficient (Wildman–Crippen LogP) is 2.53. The molecule has 2 nitrogen and oxygen atoms in total. The zero-order chi connectivity index (χ0) is 10.7. The van der Waals surface area contributed by atoms with Gasteiger partial charge in [-0.25, -0.2) is 4.39 Å². The average Bonchev–Trinajstić information content (AvgIpc) is 2.50. The molecule has 1 fully saturated rings. The lowest BCUT2D eigenvalue weighted by Gasteiger charge is -2.15. The van der Waals surface area contributed by atoms with Gasteiger partial charge in [-0.1, -0.05) is 17.7 Å². The predicted molar refractivity (Wildman–Crippen MR) is 57.6 cm³/mol. The van der Waals surface area contributed by atoms with Crippen LogP contribution in [0, 0.1) is 5.82 Å². The Bertz CT molecular complexity index is 337. The maximum Gasteiger partial charge on any atom is 0.142 e. The van der Waals surface area contributed by atoms with Crippen LogP contribution in [0.15, 0.2) is 18.2 Å². The van der Waals surface area contributed by atoms with Crippen molar-refractivity contribution in [2.24, 2.45) is 0 Å². The van der Waals surface area contributed by atoms with E-state index in [9.17, 15) is 4.39 Å². The first-order valence-electron chi connectivity index (χ1n) is 5.04. The van der Waals surface area contributed by atoms with Gasteiger partial charge in [0.1, 0.15) is 5.82 Å². The van der Waals surface area contributed by atoms with Crippen LogP contribution in [0.4, 0.5) is 4.39 Å². The molecule has 2 rings (SSSR count). The van der Waals surface area contributed by atoms with Gasteiger partial charge in [-0.05, 0) is 30.7 Å². The summed E-state index contributed by atoms with van der Waals surface area (Å²) in [7, 11) is 0. The van der Waals surface area contributed by atoms with Crippen molar-refractivity contribution in [2.75, 3.05) is 19.7 Å². The molecule has 1 unspecified atom stereocenters. The fraction of sp³-hybridized carbons (Fsp3) is 0.455. The minimum atomic E-state index is -0.380. The smallest absolute Gasteiger partial charge is 0.142 e. The Balaban J connectivity index is 2.16. The Hall–Kier alpha value is -0.640. The van der Waals surface area contributed by atoms with Crippen LogP contribution in [0.25, 0.3) is 0 Å². The molecule has 1 aliphatic rings. The molecule has 1 aromatic carbocycles. The van der Waals surface area contributed by atoms with Crippen LogP contribution in [-0.2, 0) is 4.74 Å². The standard InChI is InChI=1S/C11H13ClFNO/c12-9-2-1-8(7-10(9)13)11-3-4-14-5-6-15-11/h1-2,7,11,14H,3-6H2. The van der Waals surface area contributed by atoms with Crippen molar-refractivity contribution in [3.05, 3.63) is 34.6 Å². The van der Waals surface area contributed by atoms with Crippen LogP contribution in [0.5, 0.6) is 0 Å². The summed E-state index contributed by atoms with van der Waals surface area (Å²) >= 11 is 5.62. The van der Waals surface area contributed by atoms with Crippen LogP contribution < -0.4 is 5.32 Å². The topological polar surface area (TPSA) is 21.3 Å². The Morgan fingerprint density at radius 2 is 2.27 bits per heavy atom. The van der Waals surface area contributed by atoms with Crippen LogP contribution >= 0.6 is 11.6 Å². The monoisotopic (exact) mass is 229 g/mol. The van der Waals surface area contributed by atoms with E-state index in [0.29, 0.717) is 6.61 Å². The van der Waals surface area contributed by atoms with Crippen molar-refractivity contribution in [1.82, 2.24) is 5.32 Å². The molecule has 1 heterocycles. The summed E-state index contributed by atoms with van der Waals surface area (Å²) in [5, 5.41) is 3.39. The largest absolute Gasteiger partial charge is 0.372 e. The highest BCUT2D eigenvalue weighted by Crippen LogP contribution is 2.25. The molecule has 0 saturated carbocycles. The van der Waals surface area contributed by atoms with E-state index >= 15 is 0 Å². The number of hydrogen-bond donors (Lipinski definition) is 1. The van der Waals surface area contributed by atoms with Gasteiger partial charge in [-0.2, -0.15) is 0 Å². The number of hydrogen-bond acceptors (Lipinski definition) is 2. The molecule has 1 aliphatic heterocycles. The van der Waals surface area contributed by atoms with E-state index in [1.807, 2.05) is 6.07 Å². The lowest BCUT2D eigenvalue weighted by Crippen LogP contribution is -2.16. The highest BCUT2D eigenvalue weighted by molar-refractivity contribution is 6.30. The molecule has 1 aromatic rings. The first-order chi connectivity index (χ1) is 7.27. The maximum absolute atomic E-state index is 13.2. The molecule has 0 spiro atoms. The Morgan fingerprint density at radius 1 is 1.40 bits per heavy atom. The minimum absolute atomic E-state index is 0.0215. The summed E-state index contributed by atoms with van der Waals surface area (Å²) in [6, 6.07) is 4.85. The average molecular weight is 230 g/mol. The minimum Gasteiger partial charge on any atom is -0.372 e. The van der Waals surface area contributed by atoms with E-state index in [1.54, 1.807) is 6.07 Å². The van der Waals surface area contributed by atoms with Gasteiger partial charge in [0.05, 0.1) is 17.7 Å². The SMILES string of the molecule is Fc1cc(C2CCNCCO2)ccc1Cl. The molecule has 0 radical (unpaired) electrons. The van der Waals surface area contributed by atoms with Crippen molar-refractivity contribution < 1.29 is 9.13 Å². The summed E-state index contributed by atoms with van der Waals surface area (Å²) < 4.78 is 18.8. The molecule has 15 heavy (non-hydrogen) atoms. The highest BCUT2D eigenvalue weighted by Gasteiger charge is 2.15. The fourth-order valence-electron chi connectivity index (χ4n) is 1.69. The first-order valence-corrected chi connectivity index (χ1v) is 5.42. The van der Waals surface area contributed by atoms with Gasteiger partial charge >= 0.3 is 0 Å². The number of ether oxygens (including phenoxy) is 1. The van der Waals surface area contributed by atoms with Gasteiger partial charge in [-0.15, -0.1) is 0 Å². The van der Waals surface area contributed by atoms with E-state index in [0.717, 1.165) is 25.1 Å². The van der Waals surface area contributed by atoms with Gasteiger partial charge in [0.25, 0.3) is 0 Å². The van der Waals surface area contributed by atoms with E-state index in [1.165, 1.54) is 6.07 Å². The summed E-state index contributed by atoms with van der Waals surface area (Å²) in [5.41, 5.74) is 0.862. The molecule has 0 aliphatic carbocycles. The molecule has 0 aromatic heterocycles. The molecular weight excluding hydrogens is 217 g/mol. The van der Waals surface area contributed by atoms with Gasteiger partial charge in [0, 0.05) is 6.54 Å². The molecular formula is C11H13ClFNO. The number of halogens is 2. The van der Waals surface area contributed by atoms with Crippen molar-refractivity contribution in [1.29, 1.82) is 0 Å². The molecule has 1 N–H and O–H groups in total.